The van der Waals surface area contributed by atoms with Gasteiger partial charge in [0.1, 0.15) is 11.4 Å². The van der Waals surface area contributed by atoms with Gasteiger partial charge in [0.15, 0.2) is 5.78 Å². The van der Waals surface area contributed by atoms with Crippen molar-refractivity contribution in [3.63, 3.8) is 0 Å². The molecule has 0 atom stereocenters. The number of nitrogens with two attached hydrogens (primary N) is 1. The van der Waals surface area contributed by atoms with Gasteiger partial charge in [-0.2, -0.15) is 0 Å². The number of hydrogen-bond donors (Lipinski definition) is 1. The number of benzene rings is 1. The lowest BCUT2D eigenvalue weighted by Crippen LogP contribution is -2.12. The van der Waals surface area contributed by atoms with Crippen LogP contribution in [-0.4, -0.2) is 5.78 Å². The Labute approximate surface area is 97.7 Å². The van der Waals surface area contributed by atoms with Crippen LogP contribution in [0.5, 0.6) is 0 Å². The monoisotopic (exact) mass is 229 g/mol. The fourth-order valence-electron chi connectivity index (χ4n) is 1.54. The predicted octanol–water partition coefficient (Wildman–Crippen LogP) is 1.76. The molecule has 0 spiro atoms. The van der Waals surface area contributed by atoms with Gasteiger partial charge in [0.2, 0.25) is 0 Å². The van der Waals surface area contributed by atoms with Crippen LogP contribution in [0.15, 0.2) is 45.6 Å². The second-order valence-electron chi connectivity index (χ2n) is 3.65. The predicted molar refractivity (Wildman–Crippen MR) is 64.0 cm³/mol. The summed E-state index contributed by atoms with van der Waals surface area (Å²) in [5.74, 6) is 0.0663. The van der Waals surface area contributed by atoms with Crippen molar-refractivity contribution in [3.05, 3.63) is 63.7 Å². The summed E-state index contributed by atoms with van der Waals surface area (Å²) >= 11 is 0. The molecule has 0 aliphatic heterocycles. The minimum Gasteiger partial charge on any atom is -0.426 e. The lowest BCUT2D eigenvalue weighted by atomic mass is 10.0. The number of carbonyl (C=O) groups excluding carboxylic acids is 1. The molecule has 0 saturated carbocycles. The molecule has 1 heterocycles. The molecule has 2 N–H and O–H groups in total. The van der Waals surface area contributed by atoms with Crippen LogP contribution in [0.25, 0.3) is 0 Å². The van der Waals surface area contributed by atoms with Crippen LogP contribution < -0.4 is 11.4 Å². The maximum absolute atomic E-state index is 12.1. The van der Waals surface area contributed by atoms with Crippen molar-refractivity contribution in [1.29, 1.82) is 0 Å². The molecule has 4 nitrogen and oxygen atoms in total. The summed E-state index contributed by atoms with van der Waals surface area (Å²) in [6.07, 6.45) is 0. The van der Waals surface area contributed by atoms with Crippen molar-refractivity contribution in [2.24, 2.45) is 0 Å². The highest BCUT2D eigenvalue weighted by Gasteiger charge is 2.14. The molecule has 2 rings (SSSR count). The van der Waals surface area contributed by atoms with Gasteiger partial charge in [-0.3, -0.25) is 4.79 Å². The number of nitrogen functional groups attached to an aromatic ring is 1. The molecular formula is C13H11NO3. The van der Waals surface area contributed by atoms with E-state index in [9.17, 15) is 9.59 Å². The van der Waals surface area contributed by atoms with E-state index in [-0.39, 0.29) is 17.2 Å². The molecule has 0 saturated heterocycles. The Morgan fingerprint density at radius 3 is 2.53 bits per heavy atom. The second-order valence-corrected chi connectivity index (χ2v) is 3.65. The Balaban J connectivity index is 2.52. The molecule has 2 aromatic rings. The molecule has 0 unspecified atom stereocenters. The summed E-state index contributed by atoms with van der Waals surface area (Å²) in [5.41, 5.74) is 5.61. The zero-order valence-electron chi connectivity index (χ0n) is 9.27. The Hall–Kier alpha value is -2.36. The van der Waals surface area contributed by atoms with E-state index in [1.807, 2.05) is 6.07 Å². The standard InChI is InChI=1S/C13H11NO3/c1-8-10(7-11(14)13(16)17-8)12(15)9-5-3-2-4-6-9/h2-7H,14H2,1H3. The number of anilines is 1. The van der Waals surface area contributed by atoms with Gasteiger partial charge in [0, 0.05) is 5.56 Å². The third-order valence-electron chi connectivity index (χ3n) is 2.44. The van der Waals surface area contributed by atoms with Crippen molar-refractivity contribution < 1.29 is 9.21 Å². The van der Waals surface area contributed by atoms with Crippen molar-refractivity contribution in [2.75, 3.05) is 5.73 Å². The summed E-state index contributed by atoms with van der Waals surface area (Å²) in [5, 5.41) is 0. The fraction of sp³-hybridized carbons (Fsp3) is 0.0769. The Bertz CT molecular complexity index is 614. The first-order valence-corrected chi connectivity index (χ1v) is 5.09. The minimum atomic E-state index is -0.618. The van der Waals surface area contributed by atoms with Crippen LogP contribution >= 0.6 is 0 Å². The normalized spacial score (nSPS) is 10.2. The number of ketones is 1. The van der Waals surface area contributed by atoms with Gasteiger partial charge in [-0.25, -0.2) is 4.79 Å². The van der Waals surface area contributed by atoms with E-state index in [0.29, 0.717) is 11.1 Å². The first kappa shape index (κ1) is 11.1. The minimum absolute atomic E-state index is 0.0603. The van der Waals surface area contributed by atoms with Gasteiger partial charge in [0.25, 0.3) is 0 Å². The van der Waals surface area contributed by atoms with Crippen LogP contribution in [0.3, 0.4) is 0 Å². The molecule has 1 aromatic carbocycles. The topological polar surface area (TPSA) is 73.3 Å². The lowest BCUT2D eigenvalue weighted by Gasteiger charge is -2.04. The summed E-state index contributed by atoms with van der Waals surface area (Å²) in [7, 11) is 0. The largest absolute Gasteiger partial charge is 0.426 e. The Morgan fingerprint density at radius 2 is 1.88 bits per heavy atom. The molecule has 4 heteroatoms. The summed E-state index contributed by atoms with van der Waals surface area (Å²) < 4.78 is 4.88. The van der Waals surface area contributed by atoms with Crippen LogP contribution in [0.2, 0.25) is 0 Å². The van der Waals surface area contributed by atoms with Gasteiger partial charge in [-0.05, 0) is 13.0 Å². The summed E-state index contributed by atoms with van der Waals surface area (Å²) in [4.78, 5) is 23.3. The maximum Gasteiger partial charge on any atom is 0.359 e. The van der Waals surface area contributed by atoms with Crippen LogP contribution in [0.1, 0.15) is 21.7 Å². The van der Waals surface area contributed by atoms with Crippen LogP contribution in [-0.2, 0) is 0 Å². The zero-order valence-corrected chi connectivity index (χ0v) is 9.27. The van der Waals surface area contributed by atoms with E-state index in [4.69, 9.17) is 10.2 Å². The molecule has 0 bridgehead atoms. The molecule has 0 radical (unpaired) electrons. The highest BCUT2D eigenvalue weighted by Crippen LogP contribution is 2.14. The van der Waals surface area contributed by atoms with Gasteiger partial charge >= 0.3 is 5.63 Å². The van der Waals surface area contributed by atoms with Gasteiger partial charge in [0.05, 0.1) is 5.56 Å². The SMILES string of the molecule is Cc1oc(=O)c(N)cc1C(=O)c1ccccc1. The fourth-order valence-corrected chi connectivity index (χ4v) is 1.54. The van der Waals surface area contributed by atoms with Gasteiger partial charge in [-0.1, -0.05) is 30.3 Å². The number of carbonyl (C=O) groups is 1. The van der Waals surface area contributed by atoms with E-state index in [1.54, 1.807) is 31.2 Å². The molecule has 0 amide bonds. The maximum atomic E-state index is 12.1. The third kappa shape index (κ3) is 2.10. The Kier molecular flexibility index (Phi) is 2.78. The highest BCUT2D eigenvalue weighted by atomic mass is 16.4. The van der Waals surface area contributed by atoms with Crippen molar-refractivity contribution >= 4 is 11.5 Å². The van der Waals surface area contributed by atoms with E-state index in [1.165, 1.54) is 6.07 Å². The first-order chi connectivity index (χ1) is 8.09. The molecule has 17 heavy (non-hydrogen) atoms. The average molecular weight is 229 g/mol. The molecule has 0 aliphatic carbocycles. The second kappa shape index (κ2) is 4.25. The first-order valence-electron chi connectivity index (χ1n) is 5.09. The highest BCUT2D eigenvalue weighted by molar-refractivity contribution is 6.09. The molecule has 86 valence electrons. The van der Waals surface area contributed by atoms with E-state index >= 15 is 0 Å². The summed E-state index contributed by atoms with van der Waals surface area (Å²) in [6.45, 7) is 1.57. The van der Waals surface area contributed by atoms with E-state index in [0.717, 1.165) is 0 Å². The Morgan fingerprint density at radius 1 is 1.24 bits per heavy atom. The number of rotatable bonds is 2. The van der Waals surface area contributed by atoms with Crippen LogP contribution in [0.4, 0.5) is 5.69 Å². The van der Waals surface area contributed by atoms with Crippen molar-refractivity contribution in [1.82, 2.24) is 0 Å². The third-order valence-corrected chi connectivity index (χ3v) is 2.44. The van der Waals surface area contributed by atoms with E-state index < -0.39 is 5.63 Å². The number of aryl methyl sites for hydroxylation is 1. The quantitative estimate of drug-likeness (QED) is 0.796. The van der Waals surface area contributed by atoms with Crippen molar-refractivity contribution in [3.8, 4) is 0 Å². The molecule has 1 aromatic heterocycles. The van der Waals surface area contributed by atoms with Gasteiger partial charge in [-0.15, -0.1) is 0 Å². The smallest absolute Gasteiger partial charge is 0.359 e. The summed E-state index contributed by atoms with van der Waals surface area (Å²) in [6, 6.07) is 10.1. The zero-order chi connectivity index (χ0) is 12.4. The molecule has 0 fully saturated rings. The molecule has 0 aliphatic rings. The van der Waals surface area contributed by atoms with Crippen LogP contribution in [0, 0.1) is 6.92 Å². The molecular weight excluding hydrogens is 218 g/mol. The van der Waals surface area contributed by atoms with E-state index in [2.05, 4.69) is 0 Å². The van der Waals surface area contributed by atoms with Crippen molar-refractivity contribution in [2.45, 2.75) is 6.92 Å². The average Bonchev–Trinajstić information content (AvgIpc) is 2.34. The number of hydrogen-bond acceptors (Lipinski definition) is 4. The van der Waals surface area contributed by atoms with Gasteiger partial charge < -0.3 is 10.2 Å². The lowest BCUT2D eigenvalue weighted by molar-refractivity contribution is 0.103.